The molecule has 3 heteroatoms. The topological polar surface area (TPSA) is 37.3 Å². The predicted molar refractivity (Wildman–Crippen MR) is 43.0 cm³/mol. The van der Waals surface area contributed by atoms with Gasteiger partial charge < -0.3 is 5.11 Å². The van der Waals surface area contributed by atoms with Crippen molar-refractivity contribution in [2.45, 2.75) is 18.8 Å². The minimum atomic E-state index is -0.679. The van der Waals surface area contributed by atoms with E-state index in [1.807, 2.05) is 5.38 Å². The summed E-state index contributed by atoms with van der Waals surface area (Å²) in [6, 6.07) is 0. The molecule has 0 saturated heterocycles. The fourth-order valence-corrected chi connectivity index (χ4v) is 2.50. The van der Waals surface area contributed by atoms with Gasteiger partial charge in [-0.05, 0) is 34.7 Å². The van der Waals surface area contributed by atoms with Crippen LogP contribution in [0.5, 0.6) is 0 Å². The molecule has 2 rings (SSSR count). The van der Waals surface area contributed by atoms with Gasteiger partial charge >= 0.3 is 5.97 Å². The average Bonchev–Trinajstić information content (AvgIpc) is 2.41. The molecule has 1 atom stereocenters. The van der Waals surface area contributed by atoms with Gasteiger partial charge in [-0.25, -0.2) is 0 Å². The number of hydrogen-bond donors (Lipinski definition) is 1. The number of fused-ring (bicyclic) bond motifs is 1. The largest absolute Gasteiger partial charge is 0.481 e. The lowest BCUT2D eigenvalue weighted by atomic mass is 10.1. The lowest BCUT2D eigenvalue weighted by Crippen LogP contribution is -2.06. The zero-order valence-electron chi connectivity index (χ0n) is 5.91. The molecule has 0 fully saturated rings. The fourth-order valence-electron chi connectivity index (χ4n) is 1.55. The monoisotopic (exact) mass is 168 g/mol. The number of aryl methyl sites for hydroxylation is 1. The van der Waals surface area contributed by atoms with Crippen LogP contribution in [-0.2, 0) is 11.2 Å². The molecule has 0 aliphatic heterocycles. The van der Waals surface area contributed by atoms with E-state index in [1.165, 1.54) is 5.56 Å². The molecule has 1 heterocycles. The van der Waals surface area contributed by atoms with E-state index >= 15 is 0 Å². The zero-order chi connectivity index (χ0) is 7.84. The first-order chi connectivity index (χ1) is 5.29. The molecule has 1 aliphatic rings. The Bertz CT molecular complexity index is 290. The van der Waals surface area contributed by atoms with Crippen molar-refractivity contribution in [1.29, 1.82) is 0 Å². The van der Waals surface area contributed by atoms with Gasteiger partial charge in [-0.1, -0.05) is 0 Å². The zero-order valence-corrected chi connectivity index (χ0v) is 6.73. The molecular formula is C8H8O2S. The molecule has 1 N–H and O–H groups in total. The highest BCUT2D eigenvalue weighted by molar-refractivity contribution is 7.08. The number of carboxylic acid groups (broad SMARTS) is 1. The molecule has 1 unspecified atom stereocenters. The molecule has 0 radical (unpaired) electrons. The average molecular weight is 168 g/mol. The van der Waals surface area contributed by atoms with Crippen LogP contribution in [0.25, 0.3) is 0 Å². The van der Waals surface area contributed by atoms with Crippen molar-refractivity contribution in [1.82, 2.24) is 0 Å². The highest BCUT2D eigenvalue weighted by Gasteiger charge is 2.28. The quantitative estimate of drug-likeness (QED) is 0.695. The van der Waals surface area contributed by atoms with E-state index in [4.69, 9.17) is 5.11 Å². The fraction of sp³-hybridized carbons (Fsp3) is 0.375. The molecule has 2 nitrogen and oxygen atoms in total. The highest BCUT2D eigenvalue weighted by Crippen LogP contribution is 2.35. The van der Waals surface area contributed by atoms with E-state index < -0.39 is 5.97 Å². The third-order valence-electron chi connectivity index (χ3n) is 2.15. The summed E-state index contributed by atoms with van der Waals surface area (Å²) in [4.78, 5) is 10.7. The van der Waals surface area contributed by atoms with Crippen LogP contribution in [0.2, 0.25) is 0 Å². The van der Waals surface area contributed by atoms with Crippen LogP contribution in [0.3, 0.4) is 0 Å². The molecule has 58 valence electrons. The minimum absolute atomic E-state index is 0.226. The third kappa shape index (κ3) is 0.959. The molecule has 0 aromatic carbocycles. The van der Waals surface area contributed by atoms with Gasteiger partial charge in [0, 0.05) is 0 Å². The Balaban J connectivity index is 2.38. The number of aliphatic carboxylic acids is 1. The maximum Gasteiger partial charge on any atom is 0.311 e. The van der Waals surface area contributed by atoms with E-state index in [2.05, 4.69) is 5.38 Å². The van der Waals surface area contributed by atoms with Crippen molar-refractivity contribution < 1.29 is 9.90 Å². The lowest BCUT2D eigenvalue weighted by Gasteiger charge is -2.00. The SMILES string of the molecule is O=C(O)C1CCc2cscc21. The van der Waals surface area contributed by atoms with E-state index in [1.54, 1.807) is 11.3 Å². The van der Waals surface area contributed by atoms with Crippen LogP contribution in [0.1, 0.15) is 23.5 Å². The molecule has 1 aromatic heterocycles. The first-order valence-corrected chi connectivity index (χ1v) is 4.51. The molecule has 1 aromatic rings. The standard InChI is InChI=1S/C8H8O2S/c9-8(10)6-2-1-5-3-11-4-7(5)6/h3-4,6H,1-2H2,(H,9,10). The second-order valence-corrected chi connectivity index (χ2v) is 3.53. The van der Waals surface area contributed by atoms with Gasteiger partial charge in [-0.15, -0.1) is 0 Å². The normalized spacial score (nSPS) is 21.6. The van der Waals surface area contributed by atoms with Gasteiger partial charge in [-0.2, -0.15) is 11.3 Å². The van der Waals surface area contributed by atoms with Gasteiger partial charge in [0.1, 0.15) is 0 Å². The molecular weight excluding hydrogens is 160 g/mol. The van der Waals surface area contributed by atoms with Gasteiger partial charge in [0.15, 0.2) is 0 Å². The summed E-state index contributed by atoms with van der Waals surface area (Å²) in [5.41, 5.74) is 2.28. The van der Waals surface area contributed by atoms with E-state index in [-0.39, 0.29) is 5.92 Å². The number of hydrogen-bond acceptors (Lipinski definition) is 2. The van der Waals surface area contributed by atoms with Crippen LogP contribution >= 0.6 is 11.3 Å². The Morgan fingerprint density at radius 2 is 2.45 bits per heavy atom. The predicted octanol–water partition coefficient (Wildman–Crippen LogP) is 1.86. The Morgan fingerprint density at radius 3 is 3.18 bits per heavy atom. The van der Waals surface area contributed by atoms with Crippen LogP contribution < -0.4 is 0 Å². The van der Waals surface area contributed by atoms with Crippen LogP contribution in [0.4, 0.5) is 0 Å². The van der Waals surface area contributed by atoms with Crippen molar-refractivity contribution in [2.75, 3.05) is 0 Å². The molecule has 0 amide bonds. The summed E-state index contributed by atoms with van der Waals surface area (Å²) in [5, 5.41) is 12.8. The number of carboxylic acids is 1. The van der Waals surface area contributed by atoms with Crippen LogP contribution in [0, 0.1) is 0 Å². The molecule has 0 saturated carbocycles. The van der Waals surface area contributed by atoms with Crippen molar-refractivity contribution in [3.8, 4) is 0 Å². The summed E-state index contributed by atoms with van der Waals surface area (Å²) in [7, 11) is 0. The molecule has 11 heavy (non-hydrogen) atoms. The second-order valence-electron chi connectivity index (χ2n) is 2.78. The number of carbonyl (C=O) groups is 1. The van der Waals surface area contributed by atoms with E-state index in [0.717, 1.165) is 18.4 Å². The number of thiophene rings is 1. The molecule has 0 bridgehead atoms. The maximum atomic E-state index is 10.7. The first-order valence-electron chi connectivity index (χ1n) is 3.57. The van der Waals surface area contributed by atoms with Crippen molar-refractivity contribution in [3.05, 3.63) is 21.9 Å². The van der Waals surface area contributed by atoms with E-state index in [0.29, 0.717) is 0 Å². The molecule has 0 spiro atoms. The summed E-state index contributed by atoms with van der Waals surface area (Å²) < 4.78 is 0. The van der Waals surface area contributed by atoms with Crippen LogP contribution in [0.15, 0.2) is 10.8 Å². The Labute approximate surface area is 68.5 Å². The van der Waals surface area contributed by atoms with Crippen LogP contribution in [-0.4, -0.2) is 11.1 Å². The van der Waals surface area contributed by atoms with Crippen molar-refractivity contribution >= 4 is 17.3 Å². The smallest absolute Gasteiger partial charge is 0.311 e. The first kappa shape index (κ1) is 6.85. The maximum absolute atomic E-state index is 10.7. The van der Waals surface area contributed by atoms with Gasteiger partial charge in [0.2, 0.25) is 0 Å². The Hall–Kier alpha value is -0.830. The third-order valence-corrected chi connectivity index (χ3v) is 2.96. The van der Waals surface area contributed by atoms with Gasteiger partial charge in [-0.3, -0.25) is 4.79 Å². The van der Waals surface area contributed by atoms with Gasteiger partial charge in [0.05, 0.1) is 5.92 Å². The Kier molecular flexibility index (Phi) is 1.46. The summed E-state index contributed by atoms with van der Waals surface area (Å²) in [6.45, 7) is 0. The van der Waals surface area contributed by atoms with Gasteiger partial charge in [0.25, 0.3) is 0 Å². The Morgan fingerprint density at radius 1 is 1.64 bits per heavy atom. The highest BCUT2D eigenvalue weighted by atomic mass is 32.1. The van der Waals surface area contributed by atoms with Crippen molar-refractivity contribution in [2.24, 2.45) is 0 Å². The second kappa shape index (κ2) is 2.34. The number of rotatable bonds is 1. The summed E-state index contributed by atoms with van der Waals surface area (Å²) in [6.07, 6.45) is 1.73. The minimum Gasteiger partial charge on any atom is -0.481 e. The van der Waals surface area contributed by atoms with Crippen molar-refractivity contribution in [3.63, 3.8) is 0 Å². The lowest BCUT2D eigenvalue weighted by molar-refractivity contribution is -0.138. The molecule has 1 aliphatic carbocycles. The van der Waals surface area contributed by atoms with E-state index in [9.17, 15) is 4.79 Å². The summed E-state index contributed by atoms with van der Waals surface area (Å²) >= 11 is 1.60. The summed E-state index contributed by atoms with van der Waals surface area (Å²) in [5.74, 6) is -0.904.